The number of amides is 1. The van der Waals surface area contributed by atoms with Gasteiger partial charge in [0.1, 0.15) is 0 Å². The van der Waals surface area contributed by atoms with Crippen LogP contribution in [0, 0.1) is 11.8 Å². The number of hydrogen-bond donors (Lipinski definition) is 1. The fraction of sp³-hybridized carbons (Fsp3) is 0.923. The summed E-state index contributed by atoms with van der Waals surface area (Å²) in [6.07, 6.45) is 2.50. The van der Waals surface area contributed by atoms with E-state index in [-0.39, 0.29) is 5.92 Å². The molecule has 98 valence electrons. The zero-order valence-electron chi connectivity index (χ0n) is 11.3. The summed E-state index contributed by atoms with van der Waals surface area (Å²) >= 11 is 0. The van der Waals surface area contributed by atoms with Gasteiger partial charge in [-0.05, 0) is 38.9 Å². The topological polar surface area (TPSA) is 35.6 Å². The molecule has 0 aromatic heterocycles. The van der Waals surface area contributed by atoms with E-state index in [1.807, 2.05) is 11.9 Å². The van der Waals surface area contributed by atoms with E-state index in [9.17, 15) is 4.79 Å². The Morgan fingerprint density at radius 3 is 2.76 bits per heavy atom. The molecule has 0 radical (unpaired) electrons. The first-order valence-electron chi connectivity index (χ1n) is 6.75. The Bertz CT molecular complexity index is 282. The molecule has 2 heterocycles. The molecule has 1 amide bonds. The SMILES string of the molecule is C[C@@H]1CNC[C@H]1C(=O)N(C)CC1CCCN1C. The predicted octanol–water partition coefficient (Wildman–Crippen LogP) is 0.395. The average Bonchev–Trinajstić information content (AvgIpc) is 2.88. The molecule has 1 N–H and O–H groups in total. The largest absolute Gasteiger partial charge is 0.344 e. The van der Waals surface area contributed by atoms with Crippen LogP contribution < -0.4 is 5.32 Å². The van der Waals surface area contributed by atoms with Gasteiger partial charge in [0.15, 0.2) is 0 Å². The molecule has 17 heavy (non-hydrogen) atoms. The van der Waals surface area contributed by atoms with Crippen molar-refractivity contribution in [3.05, 3.63) is 0 Å². The van der Waals surface area contributed by atoms with Crippen molar-refractivity contribution >= 4 is 5.91 Å². The normalized spacial score (nSPS) is 34.2. The number of rotatable bonds is 3. The third kappa shape index (κ3) is 2.80. The first kappa shape index (κ1) is 12.8. The molecule has 1 unspecified atom stereocenters. The van der Waals surface area contributed by atoms with Gasteiger partial charge in [-0.1, -0.05) is 6.92 Å². The first-order valence-corrected chi connectivity index (χ1v) is 6.75. The smallest absolute Gasteiger partial charge is 0.227 e. The van der Waals surface area contributed by atoms with Crippen LogP contribution in [-0.2, 0) is 4.79 Å². The summed E-state index contributed by atoms with van der Waals surface area (Å²) in [6, 6.07) is 0.564. The van der Waals surface area contributed by atoms with Gasteiger partial charge >= 0.3 is 0 Å². The molecule has 0 saturated carbocycles. The first-order chi connectivity index (χ1) is 8.09. The maximum Gasteiger partial charge on any atom is 0.227 e. The van der Waals surface area contributed by atoms with E-state index in [0.717, 1.165) is 19.6 Å². The highest BCUT2D eigenvalue weighted by atomic mass is 16.2. The monoisotopic (exact) mass is 239 g/mol. The number of hydrogen-bond acceptors (Lipinski definition) is 3. The second kappa shape index (κ2) is 5.36. The Morgan fingerprint density at radius 2 is 2.24 bits per heavy atom. The average molecular weight is 239 g/mol. The molecule has 2 aliphatic heterocycles. The minimum Gasteiger partial charge on any atom is -0.344 e. The molecule has 0 aromatic carbocycles. The van der Waals surface area contributed by atoms with E-state index in [4.69, 9.17) is 0 Å². The highest BCUT2D eigenvalue weighted by Crippen LogP contribution is 2.20. The molecule has 2 fully saturated rings. The molecular weight excluding hydrogens is 214 g/mol. The Hall–Kier alpha value is -0.610. The standard InChI is InChI=1S/C13H25N3O/c1-10-7-14-8-12(10)13(17)16(3)9-11-5-4-6-15(11)2/h10-12,14H,4-9H2,1-3H3/t10-,11?,12-/m1/s1. The predicted molar refractivity (Wildman–Crippen MR) is 68.8 cm³/mol. The lowest BCUT2D eigenvalue weighted by Crippen LogP contribution is -2.43. The minimum atomic E-state index is 0.187. The highest BCUT2D eigenvalue weighted by Gasteiger charge is 2.33. The number of carbonyl (C=O) groups is 1. The van der Waals surface area contributed by atoms with Crippen LogP contribution in [0.2, 0.25) is 0 Å². The zero-order valence-corrected chi connectivity index (χ0v) is 11.3. The van der Waals surface area contributed by atoms with Gasteiger partial charge in [-0.25, -0.2) is 0 Å². The Labute approximate surface area is 104 Å². The lowest BCUT2D eigenvalue weighted by Gasteiger charge is -2.28. The fourth-order valence-corrected chi connectivity index (χ4v) is 3.04. The lowest BCUT2D eigenvalue weighted by molar-refractivity contribution is -0.135. The van der Waals surface area contributed by atoms with Crippen molar-refractivity contribution in [2.45, 2.75) is 25.8 Å². The molecule has 0 spiro atoms. The third-order valence-corrected chi connectivity index (χ3v) is 4.37. The number of nitrogens with one attached hydrogen (secondary N) is 1. The molecule has 4 nitrogen and oxygen atoms in total. The van der Waals surface area contributed by atoms with Crippen molar-refractivity contribution in [2.24, 2.45) is 11.8 Å². The van der Waals surface area contributed by atoms with Crippen molar-refractivity contribution in [1.29, 1.82) is 0 Å². The van der Waals surface area contributed by atoms with E-state index >= 15 is 0 Å². The lowest BCUT2D eigenvalue weighted by atomic mass is 9.96. The molecule has 2 aliphatic rings. The Balaban J connectivity index is 1.86. The van der Waals surface area contributed by atoms with Crippen LogP contribution in [0.5, 0.6) is 0 Å². The number of nitrogens with zero attached hydrogens (tertiary/aromatic N) is 2. The van der Waals surface area contributed by atoms with Crippen molar-refractivity contribution in [2.75, 3.05) is 40.3 Å². The summed E-state index contributed by atoms with van der Waals surface area (Å²) in [5.41, 5.74) is 0. The number of likely N-dealkylation sites (tertiary alicyclic amines) is 1. The molecule has 0 bridgehead atoms. The van der Waals surface area contributed by atoms with Crippen molar-refractivity contribution < 1.29 is 4.79 Å². The van der Waals surface area contributed by atoms with Crippen LogP contribution in [0.4, 0.5) is 0 Å². The maximum atomic E-state index is 12.3. The second-order valence-electron chi connectivity index (χ2n) is 5.74. The van der Waals surface area contributed by atoms with E-state index in [2.05, 4.69) is 24.2 Å². The summed E-state index contributed by atoms with van der Waals surface area (Å²) in [5, 5.41) is 3.30. The van der Waals surface area contributed by atoms with Crippen molar-refractivity contribution in [1.82, 2.24) is 15.1 Å². The fourth-order valence-electron chi connectivity index (χ4n) is 3.04. The van der Waals surface area contributed by atoms with Crippen molar-refractivity contribution in [3.8, 4) is 0 Å². The van der Waals surface area contributed by atoms with Gasteiger partial charge in [-0.2, -0.15) is 0 Å². The van der Waals surface area contributed by atoms with Gasteiger partial charge in [0.25, 0.3) is 0 Å². The van der Waals surface area contributed by atoms with Gasteiger partial charge in [0.2, 0.25) is 5.91 Å². The van der Waals surface area contributed by atoms with E-state index in [1.165, 1.54) is 19.4 Å². The molecule has 0 aliphatic carbocycles. The van der Waals surface area contributed by atoms with Gasteiger partial charge in [-0.15, -0.1) is 0 Å². The number of carbonyl (C=O) groups excluding carboxylic acids is 1. The van der Waals surface area contributed by atoms with Gasteiger partial charge in [-0.3, -0.25) is 4.79 Å². The molecule has 0 aromatic rings. The minimum absolute atomic E-state index is 0.187. The third-order valence-electron chi connectivity index (χ3n) is 4.37. The van der Waals surface area contributed by atoms with Crippen LogP contribution in [0.1, 0.15) is 19.8 Å². The molecular formula is C13H25N3O. The van der Waals surface area contributed by atoms with Gasteiger partial charge in [0, 0.05) is 26.2 Å². The highest BCUT2D eigenvalue weighted by molar-refractivity contribution is 5.79. The molecule has 3 atom stereocenters. The summed E-state index contributed by atoms with van der Waals surface area (Å²) in [5.74, 6) is 0.987. The summed E-state index contributed by atoms with van der Waals surface area (Å²) in [6.45, 7) is 6.06. The Morgan fingerprint density at radius 1 is 1.47 bits per heavy atom. The van der Waals surface area contributed by atoms with E-state index < -0.39 is 0 Å². The summed E-state index contributed by atoms with van der Waals surface area (Å²) < 4.78 is 0. The van der Waals surface area contributed by atoms with Gasteiger partial charge in [0.05, 0.1) is 5.92 Å². The van der Waals surface area contributed by atoms with Crippen molar-refractivity contribution in [3.63, 3.8) is 0 Å². The van der Waals surface area contributed by atoms with Crippen LogP contribution in [0.3, 0.4) is 0 Å². The molecule has 2 rings (SSSR count). The zero-order chi connectivity index (χ0) is 12.4. The summed E-state index contributed by atoms with van der Waals surface area (Å²) in [7, 11) is 4.12. The van der Waals surface area contributed by atoms with E-state index in [0.29, 0.717) is 17.9 Å². The van der Waals surface area contributed by atoms with Crippen LogP contribution in [-0.4, -0.2) is 62.0 Å². The molecule has 2 saturated heterocycles. The van der Waals surface area contributed by atoms with Gasteiger partial charge < -0.3 is 15.1 Å². The second-order valence-corrected chi connectivity index (χ2v) is 5.74. The molecule has 4 heteroatoms. The maximum absolute atomic E-state index is 12.3. The summed E-state index contributed by atoms with van der Waals surface area (Å²) in [4.78, 5) is 16.6. The Kier molecular flexibility index (Phi) is 4.05. The quantitative estimate of drug-likeness (QED) is 0.774. The number of likely N-dealkylation sites (N-methyl/N-ethyl adjacent to an activating group) is 2. The van der Waals surface area contributed by atoms with Crippen LogP contribution in [0.25, 0.3) is 0 Å². The van der Waals surface area contributed by atoms with E-state index in [1.54, 1.807) is 0 Å². The van der Waals surface area contributed by atoms with Crippen LogP contribution in [0.15, 0.2) is 0 Å². The van der Waals surface area contributed by atoms with Crippen LogP contribution >= 0.6 is 0 Å².